The maximum Gasteiger partial charge on any atom is 0.326 e. The minimum Gasteiger partial charge on any atom is -0.481 e. The largest absolute Gasteiger partial charge is 0.481 e. The van der Waals surface area contributed by atoms with Crippen LogP contribution < -0.4 is 76.9 Å². The van der Waals surface area contributed by atoms with Crippen LogP contribution in [0.5, 0.6) is 0 Å². The van der Waals surface area contributed by atoms with Crippen molar-refractivity contribution in [3.05, 3.63) is 0 Å². The maximum atomic E-state index is 13.7. The Balaban J connectivity index is 5.95. The molecule has 0 aromatic carbocycles. The van der Waals surface area contributed by atoms with Gasteiger partial charge in [0, 0.05) is 13.0 Å². The van der Waals surface area contributed by atoms with E-state index in [9.17, 15) is 63.0 Å². The summed E-state index contributed by atoms with van der Waals surface area (Å²) < 4.78 is 0. The van der Waals surface area contributed by atoms with Crippen LogP contribution in [0, 0.1) is 5.92 Å². The van der Waals surface area contributed by atoms with Crippen molar-refractivity contribution < 1.29 is 63.0 Å². The number of guanidine groups is 1. The molecule has 69 heavy (non-hydrogen) atoms. The molecule has 0 rings (SSSR count). The number of primary amides is 1. The van der Waals surface area contributed by atoms with Crippen LogP contribution >= 0.6 is 0 Å². The molecule has 9 atom stereocenters. The van der Waals surface area contributed by atoms with Crippen LogP contribution in [0.1, 0.15) is 105 Å². The molecule has 22 N–H and O–H groups in total. The summed E-state index contributed by atoms with van der Waals surface area (Å²) >= 11 is 0. The number of carbonyl (C=O) groups excluding carboxylic acids is 9. The molecule has 0 spiro atoms. The SMILES string of the molecule is CC(C)[C@H](NC(=O)[C@@H](N)CCCCN)C(=O)N[C@@H](C)C(=O)N[C@@H](CCCCN)C(=O)N[C@@H](CCC(=O)O)C(=O)N[C@@H](C)C(=O)N[C@@H](C)C(=O)N[C@@H](CC(N)=O)C(=O)N[C@@H](CCCN=C(N)N)C(=O)O. The van der Waals surface area contributed by atoms with Gasteiger partial charge in [-0.25, -0.2) is 4.79 Å². The summed E-state index contributed by atoms with van der Waals surface area (Å²) in [5, 5.41) is 38.1. The Morgan fingerprint density at radius 2 is 0.899 bits per heavy atom. The third-order valence-corrected chi connectivity index (χ3v) is 10.3. The Labute approximate surface area is 400 Å². The highest BCUT2D eigenvalue weighted by Gasteiger charge is 2.34. The van der Waals surface area contributed by atoms with E-state index in [0.29, 0.717) is 38.6 Å². The number of nitrogens with two attached hydrogens (primary N) is 6. The van der Waals surface area contributed by atoms with E-state index in [1.807, 2.05) is 0 Å². The lowest BCUT2D eigenvalue weighted by atomic mass is 10.0. The molecule has 0 bridgehead atoms. The smallest absolute Gasteiger partial charge is 0.326 e. The van der Waals surface area contributed by atoms with Gasteiger partial charge >= 0.3 is 11.9 Å². The highest BCUT2D eigenvalue weighted by molar-refractivity contribution is 5.98. The first-order valence-corrected chi connectivity index (χ1v) is 22.6. The standard InChI is InChI=1S/C41H75N15O13/c1-20(2)31(56-35(63)24(44)11-6-8-16-42)39(67)51-23(5)33(61)52-25(12-7-9-17-43)37(65)53-26(14-15-30(58)59)36(64)50-21(3)32(60)49-22(4)34(62)55-28(19-29(45)57)38(66)54-27(40(68)69)13-10-18-48-41(46)47/h20-28,31H,6-19,42-44H2,1-5H3,(H2,45,57)(H,49,60)(H,50,64)(H,51,67)(H,52,61)(H,53,65)(H,54,66)(H,55,62)(H,56,63)(H,58,59)(H,68,69)(H4,46,47,48)/t21-,22-,23-,24-,25-,26-,27-,28-,31-/m0/s1. The van der Waals surface area contributed by atoms with Crippen molar-refractivity contribution in [1.29, 1.82) is 0 Å². The first-order chi connectivity index (χ1) is 32.2. The molecular weight excluding hydrogens is 911 g/mol. The summed E-state index contributed by atoms with van der Waals surface area (Å²) in [7, 11) is 0. The van der Waals surface area contributed by atoms with Gasteiger partial charge < -0.3 is 87.1 Å². The molecule has 0 aromatic heterocycles. The number of carboxylic acids is 2. The number of amides is 9. The molecule has 0 aliphatic heterocycles. The quantitative estimate of drug-likeness (QED) is 0.0160. The maximum absolute atomic E-state index is 13.7. The minimum absolute atomic E-state index is 0.00299. The van der Waals surface area contributed by atoms with E-state index >= 15 is 0 Å². The van der Waals surface area contributed by atoms with Crippen molar-refractivity contribution in [2.45, 2.75) is 160 Å². The number of rotatable bonds is 35. The number of aliphatic imine (C=N–C) groups is 1. The Hall–Kier alpha value is -6.68. The molecule has 0 aromatic rings. The average Bonchev–Trinajstić information content (AvgIpc) is 3.26. The molecule has 0 unspecified atom stereocenters. The third kappa shape index (κ3) is 25.9. The van der Waals surface area contributed by atoms with Gasteiger partial charge in [-0.2, -0.15) is 0 Å². The number of unbranched alkanes of at least 4 members (excludes halogenated alkanes) is 2. The highest BCUT2D eigenvalue weighted by atomic mass is 16.4. The average molecular weight is 986 g/mol. The first-order valence-electron chi connectivity index (χ1n) is 22.6. The predicted octanol–water partition coefficient (Wildman–Crippen LogP) is -5.96. The van der Waals surface area contributed by atoms with Crippen molar-refractivity contribution in [2.24, 2.45) is 45.3 Å². The van der Waals surface area contributed by atoms with Crippen molar-refractivity contribution >= 4 is 71.1 Å². The Bertz CT molecular complexity index is 1800. The number of nitrogens with zero attached hydrogens (tertiary/aromatic N) is 1. The Morgan fingerprint density at radius 3 is 1.39 bits per heavy atom. The zero-order valence-corrected chi connectivity index (χ0v) is 40.0. The van der Waals surface area contributed by atoms with Gasteiger partial charge in [-0.1, -0.05) is 20.3 Å². The zero-order chi connectivity index (χ0) is 53.0. The van der Waals surface area contributed by atoms with Gasteiger partial charge in [0.15, 0.2) is 5.96 Å². The molecular formula is C41H75N15O13. The number of aliphatic carboxylic acids is 2. The van der Waals surface area contributed by atoms with E-state index < -0.39 is 145 Å². The lowest BCUT2D eigenvalue weighted by Gasteiger charge is -2.27. The van der Waals surface area contributed by atoms with Crippen molar-refractivity contribution in [1.82, 2.24) is 42.5 Å². The molecule has 28 heteroatoms. The highest BCUT2D eigenvalue weighted by Crippen LogP contribution is 2.09. The van der Waals surface area contributed by atoms with Gasteiger partial charge in [-0.05, 0) is 91.1 Å². The third-order valence-electron chi connectivity index (χ3n) is 10.3. The summed E-state index contributed by atoms with van der Waals surface area (Å²) in [6.07, 6.45) is 0.497. The van der Waals surface area contributed by atoms with Gasteiger partial charge in [0.25, 0.3) is 0 Å². The molecule has 0 aliphatic rings. The van der Waals surface area contributed by atoms with Crippen molar-refractivity contribution in [3.63, 3.8) is 0 Å². The fourth-order valence-electron chi connectivity index (χ4n) is 6.19. The first kappa shape index (κ1) is 62.3. The van der Waals surface area contributed by atoms with E-state index in [4.69, 9.17) is 34.4 Å². The van der Waals surface area contributed by atoms with Crippen LogP contribution in [-0.4, -0.2) is 155 Å². The van der Waals surface area contributed by atoms with Crippen LogP contribution in [0.4, 0.5) is 0 Å². The molecule has 0 saturated heterocycles. The summed E-state index contributed by atoms with van der Waals surface area (Å²) in [4.78, 5) is 145. The monoisotopic (exact) mass is 986 g/mol. The molecule has 28 nitrogen and oxygen atoms in total. The second kappa shape index (κ2) is 32.9. The molecule has 0 radical (unpaired) electrons. The number of hydrogen-bond acceptors (Lipinski definition) is 15. The summed E-state index contributed by atoms with van der Waals surface area (Å²) in [6.45, 7) is 7.80. The van der Waals surface area contributed by atoms with E-state index in [1.165, 1.54) is 20.8 Å². The van der Waals surface area contributed by atoms with E-state index in [0.717, 1.165) is 0 Å². The van der Waals surface area contributed by atoms with Crippen molar-refractivity contribution in [3.8, 4) is 0 Å². The molecule has 0 saturated carbocycles. The number of nitrogens with one attached hydrogen (secondary N) is 8. The van der Waals surface area contributed by atoms with E-state index in [1.54, 1.807) is 13.8 Å². The fourth-order valence-corrected chi connectivity index (χ4v) is 6.19. The van der Waals surface area contributed by atoms with E-state index in [-0.39, 0.29) is 38.3 Å². The summed E-state index contributed by atoms with van der Waals surface area (Å²) in [6, 6.07) is -12.1. The fraction of sp³-hybridized carbons (Fsp3) is 0.707. The summed E-state index contributed by atoms with van der Waals surface area (Å²) in [5.74, 6) is -11.6. The van der Waals surface area contributed by atoms with Gasteiger partial charge in [-0.3, -0.25) is 52.9 Å². The van der Waals surface area contributed by atoms with Crippen molar-refractivity contribution in [2.75, 3.05) is 19.6 Å². The Kier molecular flexibility index (Phi) is 29.7. The van der Waals surface area contributed by atoms with E-state index in [2.05, 4.69) is 47.5 Å². The lowest BCUT2D eigenvalue weighted by Crippen LogP contribution is -2.60. The molecule has 0 aliphatic carbocycles. The number of carboxylic acid groups (broad SMARTS) is 2. The second-order valence-corrected chi connectivity index (χ2v) is 16.7. The lowest BCUT2D eigenvalue weighted by molar-refractivity contribution is -0.142. The molecule has 392 valence electrons. The van der Waals surface area contributed by atoms with Crippen LogP contribution in [0.15, 0.2) is 4.99 Å². The van der Waals surface area contributed by atoms with Gasteiger partial charge in [0.2, 0.25) is 53.2 Å². The molecule has 9 amide bonds. The van der Waals surface area contributed by atoms with Crippen LogP contribution in [0.25, 0.3) is 0 Å². The van der Waals surface area contributed by atoms with Gasteiger partial charge in [-0.15, -0.1) is 0 Å². The van der Waals surface area contributed by atoms with Gasteiger partial charge in [0.05, 0.1) is 12.5 Å². The predicted molar refractivity (Wildman–Crippen MR) is 249 cm³/mol. The van der Waals surface area contributed by atoms with Gasteiger partial charge in [0.1, 0.15) is 48.3 Å². The minimum atomic E-state index is -1.67. The summed E-state index contributed by atoms with van der Waals surface area (Å²) in [5.41, 5.74) is 32.9. The van der Waals surface area contributed by atoms with Crippen LogP contribution in [0.3, 0.4) is 0 Å². The number of carbonyl (C=O) groups is 11. The van der Waals surface area contributed by atoms with Crippen LogP contribution in [-0.2, 0) is 52.7 Å². The topological polar surface area (TPSA) is 493 Å². The van der Waals surface area contributed by atoms with Crippen LogP contribution in [0.2, 0.25) is 0 Å². The molecule has 0 fully saturated rings. The second-order valence-electron chi connectivity index (χ2n) is 16.7. The normalized spacial score (nSPS) is 14.9. The zero-order valence-electron chi connectivity index (χ0n) is 40.0. The molecule has 0 heterocycles. The number of hydrogen-bond donors (Lipinski definition) is 16. The Morgan fingerprint density at radius 1 is 0.478 bits per heavy atom.